The number of carbonyl (C=O) groups is 2. The van der Waals surface area contributed by atoms with Gasteiger partial charge < -0.3 is 15.4 Å². The highest BCUT2D eigenvalue weighted by Gasteiger charge is 2.38. The first-order valence-corrected chi connectivity index (χ1v) is 12.7. The number of benzene rings is 3. The Labute approximate surface area is 242 Å². The second-order valence-corrected chi connectivity index (χ2v) is 9.37. The first-order chi connectivity index (χ1) is 20.6. The zero-order chi connectivity index (χ0) is 30.6. The lowest BCUT2D eigenvalue weighted by Gasteiger charge is -2.22. The number of aromatic amines is 1. The minimum Gasteiger partial charge on any atom is -0.475 e. The van der Waals surface area contributed by atoms with Crippen LogP contribution in [-0.4, -0.2) is 54.7 Å². The Kier molecular flexibility index (Phi) is 8.04. The SMILES string of the molecule is N#CN1C=C(c2ncnc3[nH]ccc23)CN1Cc1cccc(C(=O)Nc2cccc3ccccc23)c1.O=C(O)C(F)(F)F. The Morgan fingerprint density at radius 3 is 2.53 bits per heavy atom. The molecule has 3 N–H and O–H groups in total. The van der Waals surface area contributed by atoms with Crippen molar-refractivity contribution in [2.24, 2.45) is 0 Å². The maximum absolute atomic E-state index is 13.1. The number of fused-ring (bicyclic) bond motifs is 2. The number of hydrogen-bond acceptors (Lipinski definition) is 7. The second kappa shape index (κ2) is 12.0. The fourth-order valence-electron chi connectivity index (χ4n) is 4.58. The largest absolute Gasteiger partial charge is 0.490 e. The lowest BCUT2D eigenvalue weighted by Crippen LogP contribution is -2.31. The number of carbonyl (C=O) groups excluding carboxylic acids is 1. The summed E-state index contributed by atoms with van der Waals surface area (Å²) in [5.41, 5.74) is 4.73. The average Bonchev–Trinajstić information content (AvgIpc) is 3.64. The predicted octanol–water partition coefficient (Wildman–Crippen LogP) is 5.55. The summed E-state index contributed by atoms with van der Waals surface area (Å²) in [5, 5.41) is 26.3. The average molecular weight is 586 g/mol. The molecule has 0 saturated heterocycles. The number of aromatic nitrogens is 3. The van der Waals surface area contributed by atoms with Crippen LogP contribution in [0.3, 0.4) is 0 Å². The molecule has 2 aromatic heterocycles. The summed E-state index contributed by atoms with van der Waals surface area (Å²) in [4.78, 5) is 33.8. The first kappa shape index (κ1) is 28.8. The van der Waals surface area contributed by atoms with Crippen molar-refractivity contribution in [2.75, 3.05) is 11.9 Å². The fraction of sp³-hybridized carbons (Fsp3) is 0.100. The van der Waals surface area contributed by atoms with Gasteiger partial charge in [0.05, 0.1) is 5.69 Å². The Balaban J connectivity index is 0.000000472. The van der Waals surface area contributed by atoms with Gasteiger partial charge in [-0.1, -0.05) is 48.5 Å². The number of H-pyrrole nitrogens is 1. The zero-order valence-electron chi connectivity index (χ0n) is 22.2. The van der Waals surface area contributed by atoms with Gasteiger partial charge in [-0.05, 0) is 35.2 Å². The molecular formula is C30H22F3N7O3. The second-order valence-electron chi connectivity index (χ2n) is 9.37. The van der Waals surface area contributed by atoms with Crippen molar-refractivity contribution in [3.8, 4) is 6.19 Å². The van der Waals surface area contributed by atoms with Crippen LogP contribution in [0.2, 0.25) is 0 Å². The third kappa shape index (κ3) is 6.45. The van der Waals surface area contributed by atoms with Gasteiger partial charge in [-0.3, -0.25) is 4.79 Å². The molecule has 43 heavy (non-hydrogen) atoms. The standard InChI is InChI=1S/C28H21N7O.C2HF3O2/c29-17-35-16-22(26-24-11-12-30-27(24)32-18-31-26)15-34(35)14-19-5-3-8-21(13-19)28(36)33-25-10-4-7-20-6-1-2-9-23(20)25;3-2(4,5)1(6)7/h1-13,16,18H,14-15H2,(H,33,36)(H,30,31,32);(H,6,7). The van der Waals surface area contributed by atoms with Gasteiger partial charge >= 0.3 is 12.1 Å². The number of rotatable bonds is 5. The number of aliphatic carboxylic acids is 1. The normalized spacial score (nSPS) is 13.3. The summed E-state index contributed by atoms with van der Waals surface area (Å²) >= 11 is 0. The molecule has 0 atom stereocenters. The van der Waals surface area contributed by atoms with E-state index in [1.54, 1.807) is 12.3 Å². The highest BCUT2D eigenvalue weighted by Crippen LogP contribution is 2.28. The van der Waals surface area contributed by atoms with Gasteiger partial charge in [0.25, 0.3) is 5.91 Å². The van der Waals surface area contributed by atoms with Crippen LogP contribution in [0.25, 0.3) is 27.4 Å². The number of amides is 1. The number of nitriles is 1. The van der Waals surface area contributed by atoms with Gasteiger partial charge in [0.1, 0.15) is 12.0 Å². The van der Waals surface area contributed by atoms with Gasteiger partial charge in [0.15, 0.2) is 6.19 Å². The number of carboxylic acid groups (broad SMARTS) is 1. The molecule has 1 aliphatic heterocycles. The molecule has 3 heterocycles. The highest BCUT2D eigenvalue weighted by atomic mass is 19.4. The first-order valence-electron chi connectivity index (χ1n) is 12.7. The molecule has 10 nitrogen and oxygen atoms in total. The number of nitrogens with one attached hydrogen (secondary N) is 2. The predicted molar refractivity (Wildman–Crippen MR) is 152 cm³/mol. The number of carboxylic acids is 1. The number of alkyl halides is 3. The van der Waals surface area contributed by atoms with Crippen LogP contribution in [0.1, 0.15) is 21.6 Å². The summed E-state index contributed by atoms with van der Waals surface area (Å²) in [6.07, 6.45) is 2.28. The molecule has 13 heteroatoms. The molecule has 0 radical (unpaired) electrons. The van der Waals surface area contributed by atoms with Gasteiger partial charge in [0, 0.05) is 53.1 Å². The van der Waals surface area contributed by atoms with E-state index < -0.39 is 12.1 Å². The van der Waals surface area contributed by atoms with Gasteiger partial charge in [-0.25, -0.2) is 19.8 Å². The number of anilines is 1. The number of hydrogen-bond donors (Lipinski definition) is 3. The minimum atomic E-state index is -5.08. The van der Waals surface area contributed by atoms with E-state index in [4.69, 9.17) is 9.90 Å². The molecule has 216 valence electrons. The molecule has 3 aromatic carbocycles. The molecule has 1 aliphatic rings. The maximum atomic E-state index is 13.1. The number of halogens is 3. The van der Waals surface area contributed by atoms with Crippen molar-refractivity contribution in [1.29, 1.82) is 5.26 Å². The van der Waals surface area contributed by atoms with Crippen molar-refractivity contribution in [3.05, 3.63) is 108 Å². The molecule has 0 bridgehead atoms. The molecular weight excluding hydrogens is 563 g/mol. The molecule has 0 spiro atoms. The maximum Gasteiger partial charge on any atom is 0.490 e. The minimum absolute atomic E-state index is 0.179. The van der Waals surface area contributed by atoms with Crippen molar-refractivity contribution < 1.29 is 27.9 Å². The fourth-order valence-corrected chi connectivity index (χ4v) is 4.58. The van der Waals surface area contributed by atoms with Crippen LogP contribution in [0.5, 0.6) is 0 Å². The lowest BCUT2D eigenvalue weighted by molar-refractivity contribution is -0.192. The lowest BCUT2D eigenvalue weighted by atomic mass is 10.1. The molecule has 5 aromatic rings. The van der Waals surface area contributed by atoms with Crippen LogP contribution in [-0.2, 0) is 11.3 Å². The summed E-state index contributed by atoms with van der Waals surface area (Å²) in [7, 11) is 0. The quantitative estimate of drug-likeness (QED) is 0.228. The third-order valence-electron chi connectivity index (χ3n) is 6.53. The third-order valence-corrected chi connectivity index (χ3v) is 6.53. The van der Waals surface area contributed by atoms with E-state index >= 15 is 0 Å². The van der Waals surface area contributed by atoms with E-state index in [2.05, 4.69) is 26.5 Å². The van der Waals surface area contributed by atoms with E-state index in [-0.39, 0.29) is 5.91 Å². The van der Waals surface area contributed by atoms with Crippen LogP contribution in [0.4, 0.5) is 18.9 Å². The van der Waals surface area contributed by atoms with Crippen molar-refractivity contribution >= 4 is 44.9 Å². The van der Waals surface area contributed by atoms with E-state index in [0.717, 1.165) is 44.3 Å². The van der Waals surface area contributed by atoms with Gasteiger partial charge in [-0.15, -0.1) is 0 Å². The number of hydrazine groups is 1. The topological polar surface area (TPSA) is 138 Å². The number of nitrogens with zero attached hydrogens (tertiary/aromatic N) is 5. The summed E-state index contributed by atoms with van der Waals surface area (Å²) < 4.78 is 31.7. The molecule has 0 aliphatic carbocycles. The Morgan fingerprint density at radius 1 is 1.02 bits per heavy atom. The van der Waals surface area contributed by atoms with Crippen LogP contribution < -0.4 is 5.32 Å². The zero-order valence-corrected chi connectivity index (χ0v) is 22.2. The monoisotopic (exact) mass is 585 g/mol. The van der Waals surface area contributed by atoms with Crippen molar-refractivity contribution in [3.63, 3.8) is 0 Å². The molecule has 0 unspecified atom stereocenters. The molecule has 0 saturated carbocycles. The summed E-state index contributed by atoms with van der Waals surface area (Å²) in [6, 6.07) is 23.2. The van der Waals surface area contributed by atoms with Crippen molar-refractivity contribution in [2.45, 2.75) is 12.7 Å². The summed E-state index contributed by atoms with van der Waals surface area (Å²) in [5.74, 6) is -2.94. The summed E-state index contributed by atoms with van der Waals surface area (Å²) in [6.45, 7) is 0.974. The van der Waals surface area contributed by atoms with Crippen LogP contribution in [0, 0.1) is 11.5 Å². The highest BCUT2D eigenvalue weighted by molar-refractivity contribution is 6.09. The molecule has 0 fully saturated rings. The Morgan fingerprint density at radius 2 is 1.77 bits per heavy atom. The van der Waals surface area contributed by atoms with Gasteiger partial charge in [0.2, 0.25) is 0 Å². The Bertz CT molecular complexity index is 1890. The van der Waals surface area contributed by atoms with E-state index in [9.17, 15) is 23.2 Å². The van der Waals surface area contributed by atoms with E-state index in [1.165, 1.54) is 11.3 Å². The van der Waals surface area contributed by atoms with E-state index in [1.807, 2.05) is 77.9 Å². The van der Waals surface area contributed by atoms with Crippen LogP contribution >= 0.6 is 0 Å². The Hall–Kier alpha value is -5.74. The molecule has 6 rings (SSSR count). The van der Waals surface area contributed by atoms with Crippen LogP contribution in [0.15, 0.2) is 91.5 Å². The van der Waals surface area contributed by atoms with E-state index in [0.29, 0.717) is 18.7 Å². The van der Waals surface area contributed by atoms with Crippen molar-refractivity contribution in [1.82, 2.24) is 25.0 Å². The smallest absolute Gasteiger partial charge is 0.475 e. The molecule has 1 amide bonds. The van der Waals surface area contributed by atoms with Gasteiger partial charge in [-0.2, -0.15) is 23.4 Å².